The zero-order valence-electron chi connectivity index (χ0n) is 18.2. The van der Waals surface area contributed by atoms with Crippen molar-refractivity contribution in [3.63, 3.8) is 0 Å². The molecule has 164 valence electrons. The van der Waals surface area contributed by atoms with Crippen molar-refractivity contribution in [3.8, 4) is 0 Å². The minimum Gasteiger partial charge on any atom is -0.444 e. The number of carbonyl (C=O) groups excluding carboxylic acids is 2. The molecule has 0 aromatic heterocycles. The van der Waals surface area contributed by atoms with Crippen LogP contribution < -0.4 is 11.1 Å². The number of likely N-dealkylation sites (tertiary alicyclic amines) is 1. The highest BCUT2D eigenvalue weighted by molar-refractivity contribution is 5.73. The van der Waals surface area contributed by atoms with Gasteiger partial charge in [0.05, 0.1) is 12.1 Å². The average Bonchev–Trinajstić information content (AvgIpc) is 3.16. The van der Waals surface area contributed by atoms with Crippen LogP contribution in [-0.2, 0) is 14.3 Å². The van der Waals surface area contributed by atoms with Crippen molar-refractivity contribution >= 4 is 12.4 Å². The molecule has 0 aromatic rings. The smallest absolute Gasteiger partial charge is 0.408 e. The molecule has 1 unspecified atom stereocenters. The maximum Gasteiger partial charge on any atom is 0.408 e. The van der Waals surface area contributed by atoms with Gasteiger partial charge in [-0.15, -0.1) is 0 Å². The normalized spacial score (nSPS) is 20.2. The van der Waals surface area contributed by atoms with Gasteiger partial charge in [0.2, 0.25) is 0 Å². The number of hydrogen-bond donors (Lipinski definition) is 2. The van der Waals surface area contributed by atoms with Gasteiger partial charge in [0, 0.05) is 20.2 Å². The second kappa shape index (κ2) is 13.1. The number of piperidine rings is 1. The summed E-state index contributed by atoms with van der Waals surface area (Å²) in [6, 6.07) is -0.467. The van der Waals surface area contributed by atoms with Crippen LogP contribution in [0.1, 0.15) is 65.7 Å². The Hall–Kier alpha value is -1.18. The molecule has 2 fully saturated rings. The predicted molar refractivity (Wildman–Crippen MR) is 111 cm³/mol. The first-order valence-corrected chi connectivity index (χ1v) is 10.7. The minimum absolute atomic E-state index is 0.462. The summed E-state index contributed by atoms with van der Waals surface area (Å²) < 4.78 is 10.3. The van der Waals surface area contributed by atoms with Gasteiger partial charge in [0.25, 0.3) is 0 Å². The van der Waals surface area contributed by atoms with Gasteiger partial charge in [-0.3, -0.25) is 0 Å². The Labute approximate surface area is 170 Å². The van der Waals surface area contributed by atoms with E-state index in [0.29, 0.717) is 25.0 Å². The Morgan fingerprint density at radius 1 is 1.21 bits per heavy atom. The molecule has 1 aliphatic heterocycles. The van der Waals surface area contributed by atoms with Crippen LogP contribution in [0.2, 0.25) is 0 Å². The highest BCUT2D eigenvalue weighted by Gasteiger charge is 2.24. The zero-order valence-corrected chi connectivity index (χ0v) is 18.2. The summed E-state index contributed by atoms with van der Waals surface area (Å²) in [7, 11) is 1.80. The molecule has 1 atom stereocenters. The summed E-state index contributed by atoms with van der Waals surface area (Å²) in [4.78, 5) is 25.2. The Bertz CT molecular complexity index is 439. The number of amides is 1. The molecule has 7 nitrogen and oxygen atoms in total. The minimum atomic E-state index is -0.551. The number of hydrogen-bond acceptors (Lipinski definition) is 6. The standard InChI is InChI=1S/C15H29N3O3.C6H12O/c1-15(2,3)21-14(20)17-13(11-19)10-12-4-7-18(8-5-12)9-6-16;1-7-6-4-2-3-5-6/h11-13H,4-10,16H2,1-3H3,(H,17,20);6H,2-5H2,1H3. The van der Waals surface area contributed by atoms with Crippen molar-refractivity contribution in [2.45, 2.75) is 83.5 Å². The maximum absolute atomic E-state index is 11.7. The van der Waals surface area contributed by atoms with Crippen LogP contribution in [0.25, 0.3) is 0 Å². The number of rotatable bonds is 7. The van der Waals surface area contributed by atoms with Crippen molar-refractivity contribution in [2.75, 3.05) is 33.3 Å². The van der Waals surface area contributed by atoms with E-state index in [1.165, 1.54) is 25.7 Å². The van der Waals surface area contributed by atoms with E-state index in [-0.39, 0.29) is 0 Å². The van der Waals surface area contributed by atoms with Gasteiger partial charge in [-0.25, -0.2) is 4.79 Å². The van der Waals surface area contributed by atoms with Crippen LogP contribution >= 0.6 is 0 Å². The summed E-state index contributed by atoms with van der Waals surface area (Å²) >= 11 is 0. The quantitative estimate of drug-likeness (QED) is 0.639. The lowest BCUT2D eigenvalue weighted by Gasteiger charge is -2.32. The highest BCUT2D eigenvalue weighted by atomic mass is 16.6. The number of ether oxygens (including phenoxy) is 2. The van der Waals surface area contributed by atoms with Crippen LogP contribution in [0.3, 0.4) is 0 Å². The Morgan fingerprint density at radius 3 is 2.25 bits per heavy atom. The van der Waals surface area contributed by atoms with E-state index < -0.39 is 17.7 Å². The van der Waals surface area contributed by atoms with Crippen LogP contribution in [0.4, 0.5) is 4.79 Å². The van der Waals surface area contributed by atoms with Gasteiger partial charge in [-0.2, -0.15) is 0 Å². The molecule has 28 heavy (non-hydrogen) atoms. The van der Waals surface area contributed by atoms with Gasteiger partial charge < -0.3 is 30.2 Å². The van der Waals surface area contributed by atoms with Crippen LogP contribution in [0.15, 0.2) is 0 Å². The summed E-state index contributed by atoms with van der Waals surface area (Å²) in [5, 5.41) is 2.64. The average molecular weight is 400 g/mol. The summed E-state index contributed by atoms with van der Waals surface area (Å²) in [6.45, 7) is 9.04. The van der Waals surface area contributed by atoms with E-state index in [2.05, 4.69) is 10.2 Å². The van der Waals surface area contributed by atoms with E-state index in [4.69, 9.17) is 15.2 Å². The summed E-state index contributed by atoms with van der Waals surface area (Å²) in [5.41, 5.74) is 5.00. The summed E-state index contributed by atoms with van der Waals surface area (Å²) in [5.74, 6) is 0.462. The first-order valence-electron chi connectivity index (χ1n) is 10.7. The molecular weight excluding hydrogens is 358 g/mol. The van der Waals surface area contributed by atoms with Gasteiger partial charge >= 0.3 is 6.09 Å². The fourth-order valence-corrected chi connectivity index (χ4v) is 3.72. The zero-order chi connectivity index (χ0) is 21.0. The van der Waals surface area contributed by atoms with Crippen molar-refractivity contribution in [1.29, 1.82) is 0 Å². The molecule has 1 saturated heterocycles. The summed E-state index contributed by atoms with van der Waals surface area (Å²) in [6.07, 6.45) is 8.96. The number of methoxy groups -OCH3 is 1. The lowest BCUT2D eigenvalue weighted by atomic mass is 9.90. The largest absolute Gasteiger partial charge is 0.444 e. The molecule has 0 spiro atoms. The monoisotopic (exact) mass is 399 g/mol. The molecular formula is C21H41N3O4. The first kappa shape index (κ1) is 24.9. The second-order valence-corrected chi connectivity index (χ2v) is 8.84. The fraction of sp³-hybridized carbons (Fsp3) is 0.905. The number of nitrogens with one attached hydrogen (secondary N) is 1. The molecule has 2 rings (SSSR count). The lowest BCUT2D eigenvalue weighted by Crippen LogP contribution is -2.43. The fourth-order valence-electron chi connectivity index (χ4n) is 3.72. The molecule has 0 aromatic carbocycles. The molecule has 0 bridgehead atoms. The lowest BCUT2D eigenvalue weighted by molar-refractivity contribution is -0.110. The molecule has 7 heteroatoms. The SMILES string of the molecule is CC(C)(C)OC(=O)NC(C=O)CC1CCN(CCN)CC1.COC1CCCC1. The number of nitrogens with two attached hydrogens (primary N) is 1. The molecule has 0 radical (unpaired) electrons. The third-order valence-electron chi connectivity index (χ3n) is 5.24. The number of nitrogens with zero attached hydrogens (tertiary/aromatic N) is 1. The maximum atomic E-state index is 11.7. The Balaban J connectivity index is 0.000000467. The molecule has 2 aliphatic rings. The van der Waals surface area contributed by atoms with Crippen molar-refractivity contribution in [3.05, 3.63) is 0 Å². The Morgan fingerprint density at radius 2 is 1.82 bits per heavy atom. The highest BCUT2D eigenvalue weighted by Crippen LogP contribution is 2.21. The van der Waals surface area contributed by atoms with Crippen LogP contribution in [0, 0.1) is 5.92 Å². The molecule has 1 amide bonds. The van der Waals surface area contributed by atoms with Crippen LogP contribution in [-0.4, -0.2) is 68.3 Å². The number of alkyl carbamates (subject to hydrolysis) is 1. The predicted octanol–water partition coefficient (Wildman–Crippen LogP) is 2.71. The molecule has 1 heterocycles. The van der Waals surface area contributed by atoms with Crippen molar-refractivity contribution < 1.29 is 19.1 Å². The number of aldehydes is 1. The van der Waals surface area contributed by atoms with E-state index in [1.54, 1.807) is 27.9 Å². The Kier molecular flexibility index (Phi) is 11.6. The number of carbonyl (C=O) groups is 2. The second-order valence-electron chi connectivity index (χ2n) is 8.84. The molecule has 3 N–H and O–H groups in total. The van der Waals surface area contributed by atoms with E-state index in [1.807, 2.05) is 0 Å². The third-order valence-corrected chi connectivity index (χ3v) is 5.24. The molecule has 1 aliphatic carbocycles. The van der Waals surface area contributed by atoms with Gasteiger partial charge in [-0.05, 0) is 71.9 Å². The van der Waals surface area contributed by atoms with E-state index in [9.17, 15) is 9.59 Å². The van der Waals surface area contributed by atoms with E-state index >= 15 is 0 Å². The van der Waals surface area contributed by atoms with E-state index in [0.717, 1.165) is 38.8 Å². The van der Waals surface area contributed by atoms with Gasteiger partial charge in [0.15, 0.2) is 0 Å². The molecule has 1 saturated carbocycles. The van der Waals surface area contributed by atoms with Crippen molar-refractivity contribution in [1.82, 2.24) is 10.2 Å². The topological polar surface area (TPSA) is 93.9 Å². The van der Waals surface area contributed by atoms with Crippen LogP contribution in [0.5, 0.6) is 0 Å². The first-order chi connectivity index (χ1) is 13.3. The van der Waals surface area contributed by atoms with Gasteiger partial charge in [-0.1, -0.05) is 12.8 Å². The van der Waals surface area contributed by atoms with Gasteiger partial charge in [0.1, 0.15) is 11.9 Å². The van der Waals surface area contributed by atoms with Crippen molar-refractivity contribution in [2.24, 2.45) is 11.7 Å². The third kappa shape index (κ3) is 11.0.